The number of rotatable bonds is 9. The fourth-order valence-electron chi connectivity index (χ4n) is 3.36. The number of carbonyl (C=O) groups excluding carboxylic acids is 1. The molecule has 162 valence electrons. The van der Waals surface area contributed by atoms with Gasteiger partial charge in [-0.3, -0.25) is 4.79 Å². The summed E-state index contributed by atoms with van der Waals surface area (Å²) in [7, 11) is 0. The molecule has 0 bridgehead atoms. The van der Waals surface area contributed by atoms with Crippen LogP contribution in [0.1, 0.15) is 18.9 Å². The molecular formula is C26H25N3O3. The number of carbonyl (C=O) groups is 1. The van der Waals surface area contributed by atoms with Gasteiger partial charge >= 0.3 is 0 Å². The van der Waals surface area contributed by atoms with Crippen molar-refractivity contribution in [3.63, 3.8) is 0 Å². The van der Waals surface area contributed by atoms with E-state index in [1.807, 2.05) is 73.7 Å². The van der Waals surface area contributed by atoms with Crippen LogP contribution in [-0.4, -0.2) is 28.8 Å². The Bertz CT molecular complexity index is 1140. The number of hydrogen-bond acceptors (Lipinski definition) is 5. The quantitative estimate of drug-likeness (QED) is 0.410. The normalized spacial score (nSPS) is 11.7. The van der Waals surface area contributed by atoms with Crippen LogP contribution in [0.15, 0.2) is 89.3 Å². The van der Waals surface area contributed by atoms with Crippen LogP contribution in [0.5, 0.6) is 5.75 Å². The SMILES string of the molecule is C[C@H](CCc1ccccc1)NC(=O)COc1ccccc1-c1nnc(-c2ccccc2)o1. The molecule has 0 radical (unpaired) electrons. The Morgan fingerprint density at radius 2 is 1.56 bits per heavy atom. The predicted molar refractivity (Wildman–Crippen MR) is 123 cm³/mol. The van der Waals surface area contributed by atoms with Crippen molar-refractivity contribution < 1.29 is 13.9 Å². The lowest BCUT2D eigenvalue weighted by atomic mass is 10.1. The standard InChI is InChI=1S/C26H25N3O3/c1-19(16-17-20-10-4-2-5-11-20)27-24(30)18-31-23-15-9-8-14-22(23)26-29-28-25(32-26)21-12-6-3-7-13-21/h2-15,19H,16-18H2,1H3,(H,27,30)/t19-/m1/s1. The number of aromatic nitrogens is 2. The first kappa shape index (κ1) is 21.3. The first-order chi connectivity index (χ1) is 15.7. The lowest BCUT2D eigenvalue weighted by Crippen LogP contribution is -2.36. The van der Waals surface area contributed by atoms with Gasteiger partial charge in [0.2, 0.25) is 5.89 Å². The molecule has 0 spiro atoms. The van der Waals surface area contributed by atoms with Gasteiger partial charge in [0.15, 0.2) is 6.61 Å². The van der Waals surface area contributed by atoms with Gasteiger partial charge in [0.05, 0.1) is 5.56 Å². The van der Waals surface area contributed by atoms with Gasteiger partial charge in [-0.25, -0.2) is 0 Å². The van der Waals surface area contributed by atoms with E-state index in [9.17, 15) is 4.79 Å². The van der Waals surface area contributed by atoms with Crippen molar-refractivity contribution in [2.45, 2.75) is 25.8 Å². The van der Waals surface area contributed by atoms with Crippen LogP contribution in [0.3, 0.4) is 0 Å². The van der Waals surface area contributed by atoms with Gasteiger partial charge in [-0.15, -0.1) is 10.2 Å². The number of para-hydroxylation sites is 1. The molecule has 1 N–H and O–H groups in total. The Hall–Kier alpha value is -3.93. The molecule has 4 rings (SSSR count). The topological polar surface area (TPSA) is 77.2 Å². The minimum Gasteiger partial charge on any atom is -0.483 e. The summed E-state index contributed by atoms with van der Waals surface area (Å²) in [6, 6.07) is 27.2. The van der Waals surface area contributed by atoms with Crippen molar-refractivity contribution >= 4 is 5.91 Å². The fraction of sp³-hybridized carbons (Fsp3) is 0.192. The van der Waals surface area contributed by atoms with Crippen molar-refractivity contribution in [2.24, 2.45) is 0 Å². The summed E-state index contributed by atoms with van der Waals surface area (Å²) < 4.78 is 11.6. The van der Waals surface area contributed by atoms with Crippen molar-refractivity contribution in [1.29, 1.82) is 0 Å². The van der Waals surface area contributed by atoms with E-state index in [0.717, 1.165) is 18.4 Å². The van der Waals surface area contributed by atoms with E-state index in [2.05, 4.69) is 27.6 Å². The van der Waals surface area contributed by atoms with E-state index in [-0.39, 0.29) is 18.6 Å². The molecule has 0 aliphatic carbocycles. The van der Waals surface area contributed by atoms with E-state index in [1.165, 1.54) is 5.56 Å². The molecule has 0 saturated heterocycles. The lowest BCUT2D eigenvalue weighted by Gasteiger charge is -2.15. The fourth-order valence-corrected chi connectivity index (χ4v) is 3.36. The second-order valence-electron chi connectivity index (χ2n) is 7.56. The molecule has 6 nitrogen and oxygen atoms in total. The maximum Gasteiger partial charge on any atom is 0.258 e. The number of ether oxygens (including phenoxy) is 1. The lowest BCUT2D eigenvalue weighted by molar-refractivity contribution is -0.123. The number of nitrogens with one attached hydrogen (secondary N) is 1. The van der Waals surface area contributed by atoms with Crippen LogP contribution in [0.25, 0.3) is 22.9 Å². The molecule has 6 heteroatoms. The van der Waals surface area contributed by atoms with Crippen LogP contribution in [0, 0.1) is 0 Å². The minimum atomic E-state index is -0.170. The Kier molecular flexibility index (Phi) is 6.92. The first-order valence-corrected chi connectivity index (χ1v) is 10.6. The zero-order valence-electron chi connectivity index (χ0n) is 17.9. The molecule has 1 heterocycles. The van der Waals surface area contributed by atoms with Crippen molar-refractivity contribution in [3.05, 3.63) is 90.5 Å². The Labute approximate surface area is 187 Å². The molecule has 0 fully saturated rings. The van der Waals surface area contributed by atoms with E-state index >= 15 is 0 Å². The van der Waals surface area contributed by atoms with Gasteiger partial charge in [0.1, 0.15) is 5.75 Å². The molecule has 1 amide bonds. The van der Waals surface area contributed by atoms with E-state index < -0.39 is 0 Å². The largest absolute Gasteiger partial charge is 0.483 e. The summed E-state index contributed by atoms with van der Waals surface area (Å²) in [5, 5.41) is 11.3. The first-order valence-electron chi connectivity index (χ1n) is 10.6. The average molecular weight is 428 g/mol. The summed E-state index contributed by atoms with van der Waals surface area (Å²) in [6.45, 7) is 1.91. The van der Waals surface area contributed by atoms with E-state index in [1.54, 1.807) is 6.07 Å². The summed E-state index contributed by atoms with van der Waals surface area (Å²) in [6.07, 6.45) is 1.77. The average Bonchev–Trinajstić information content (AvgIpc) is 3.33. The number of amides is 1. The van der Waals surface area contributed by atoms with Gasteiger partial charge < -0.3 is 14.5 Å². The molecular weight excluding hydrogens is 402 g/mol. The third kappa shape index (κ3) is 5.60. The van der Waals surface area contributed by atoms with Crippen LogP contribution < -0.4 is 10.1 Å². The van der Waals surface area contributed by atoms with Crippen LogP contribution in [0.2, 0.25) is 0 Å². The number of hydrogen-bond donors (Lipinski definition) is 1. The number of benzene rings is 3. The predicted octanol–water partition coefficient (Wildman–Crippen LogP) is 4.92. The van der Waals surface area contributed by atoms with Crippen LogP contribution in [-0.2, 0) is 11.2 Å². The third-order valence-corrected chi connectivity index (χ3v) is 5.04. The molecule has 1 atom stereocenters. The zero-order chi connectivity index (χ0) is 22.2. The summed E-state index contributed by atoms with van der Waals surface area (Å²) >= 11 is 0. The summed E-state index contributed by atoms with van der Waals surface area (Å²) in [5.74, 6) is 1.12. The molecule has 0 aliphatic heterocycles. The van der Waals surface area contributed by atoms with Crippen molar-refractivity contribution in [2.75, 3.05) is 6.61 Å². The van der Waals surface area contributed by atoms with Crippen LogP contribution in [0.4, 0.5) is 0 Å². The second kappa shape index (κ2) is 10.4. The highest BCUT2D eigenvalue weighted by Crippen LogP contribution is 2.30. The Morgan fingerprint density at radius 1 is 0.906 bits per heavy atom. The second-order valence-corrected chi connectivity index (χ2v) is 7.56. The number of aryl methyl sites for hydroxylation is 1. The highest BCUT2D eigenvalue weighted by atomic mass is 16.5. The molecule has 3 aromatic carbocycles. The molecule has 32 heavy (non-hydrogen) atoms. The van der Waals surface area contributed by atoms with Crippen molar-refractivity contribution in [1.82, 2.24) is 15.5 Å². The molecule has 0 aliphatic rings. The zero-order valence-corrected chi connectivity index (χ0v) is 17.9. The maximum absolute atomic E-state index is 12.4. The monoisotopic (exact) mass is 427 g/mol. The molecule has 0 unspecified atom stereocenters. The molecule has 1 aromatic heterocycles. The van der Waals surface area contributed by atoms with Crippen LogP contribution >= 0.6 is 0 Å². The van der Waals surface area contributed by atoms with E-state index in [0.29, 0.717) is 23.1 Å². The summed E-state index contributed by atoms with van der Waals surface area (Å²) in [5.41, 5.74) is 2.74. The van der Waals surface area contributed by atoms with Gasteiger partial charge in [-0.1, -0.05) is 60.7 Å². The van der Waals surface area contributed by atoms with Gasteiger partial charge in [0, 0.05) is 11.6 Å². The molecule has 4 aromatic rings. The van der Waals surface area contributed by atoms with Gasteiger partial charge in [-0.05, 0) is 49.6 Å². The maximum atomic E-state index is 12.4. The van der Waals surface area contributed by atoms with Gasteiger partial charge in [0.25, 0.3) is 11.8 Å². The van der Waals surface area contributed by atoms with E-state index in [4.69, 9.17) is 9.15 Å². The highest BCUT2D eigenvalue weighted by molar-refractivity contribution is 5.78. The minimum absolute atomic E-state index is 0.0471. The summed E-state index contributed by atoms with van der Waals surface area (Å²) in [4.78, 5) is 12.4. The highest BCUT2D eigenvalue weighted by Gasteiger charge is 2.16. The Balaban J connectivity index is 1.34. The third-order valence-electron chi connectivity index (χ3n) is 5.04. The van der Waals surface area contributed by atoms with Gasteiger partial charge in [-0.2, -0.15) is 0 Å². The smallest absolute Gasteiger partial charge is 0.258 e. The number of nitrogens with zero attached hydrogens (tertiary/aromatic N) is 2. The molecule has 0 saturated carbocycles. The Morgan fingerprint density at radius 3 is 2.34 bits per heavy atom. The van der Waals surface area contributed by atoms with Crippen molar-refractivity contribution in [3.8, 4) is 28.7 Å².